The van der Waals surface area contributed by atoms with Crippen molar-refractivity contribution in [3.8, 4) is 0 Å². The van der Waals surface area contributed by atoms with Gasteiger partial charge in [-0.2, -0.15) is 16.9 Å². The van der Waals surface area contributed by atoms with E-state index in [-0.39, 0.29) is 5.97 Å². The third-order valence-electron chi connectivity index (χ3n) is 3.76. The topological polar surface area (TPSA) is 47.4 Å². The Morgan fingerprint density at radius 1 is 1.50 bits per heavy atom. The van der Waals surface area contributed by atoms with Gasteiger partial charge in [-0.15, -0.1) is 11.3 Å². The Bertz CT molecular complexity index is 653. The standard InChI is InChI=1S/C15H19N3O2S2/c1-17-8-11(7-16-17)13-10-21-6-5-18(13)9-12-3-4-14(22-12)15(19)20-2/h3-4,7-8,13H,5-6,9-10H2,1-2H3/t13-/m1/s1. The lowest BCUT2D eigenvalue weighted by Gasteiger charge is -2.34. The predicted octanol–water partition coefficient (Wildman–Crippen LogP) is 2.56. The average molecular weight is 337 g/mol. The Morgan fingerprint density at radius 3 is 3.09 bits per heavy atom. The highest BCUT2D eigenvalue weighted by atomic mass is 32.2. The molecule has 0 saturated carbocycles. The number of aryl methyl sites for hydroxylation is 1. The molecule has 1 saturated heterocycles. The second-order valence-corrected chi connectivity index (χ2v) is 7.58. The van der Waals surface area contributed by atoms with Crippen molar-refractivity contribution in [1.82, 2.24) is 14.7 Å². The van der Waals surface area contributed by atoms with Crippen LogP contribution in [-0.2, 0) is 18.3 Å². The molecule has 1 aliphatic heterocycles. The normalized spacial score (nSPS) is 19.3. The number of hydrogen-bond acceptors (Lipinski definition) is 6. The molecule has 1 fully saturated rings. The molecule has 1 aliphatic rings. The minimum absolute atomic E-state index is 0.255. The first-order valence-electron chi connectivity index (χ1n) is 7.14. The number of esters is 1. The number of thioether (sulfide) groups is 1. The third-order valence-corrected chi connectivity index (χ3v) is 5.83. The lowest BCUT2D eigenvalue weighted by molar-refractivity contribution is 0.0606. The van der Waals surface area contributed by atoms with Gasteiger partial charge in [0.1, 0.15) is 4.88 Å². The highest BCUT2D eigenvalue weighted by Crippen LogP contribution is 2.31. The zero-order chi connectivity index (χ0) is 15.5. The van der Waals surface area contributed by atoms with Gasteiger partial charge in [-0.25, -0.2) is 4.79 Å². The van der Waals surface area contributed by atoms with Crippen LogP contribution in [0.25, 0.3) is 0 Å². The maximum absolute atomic E-state index is 11.6. The molecule has 1 atom stereocenters. The molecule has 3 heterocycles. The summed E-state index contributed by atoms with van der Waals surface area (Å²) in [6, 6.07) is 4.26. The van der Waals surface area contributed by atoms with Gasteiger partial charge in [0, 0.05) is 54.3 Å². The SMILES string of the molecule is COC(=O)c1ccc(CN2CCSC[C@@H]2c2cnn(C)c2)s1. The molecule has 5 nitrogen and oxygen atoms in total. The summed E-state index contributed by atoms with van der Waals surface area (Å²) < 4.78 is 6.63. The van der Waals surface area contributed by atoms with E-state index >= 15 is 0 Å². The molecule has 118 valence electrons. The van der Waals surface area contributed by atoms with Gasteiger partial charge >= 0.3 is 5.97 Å². The van der Waals surface area contributed by atoms with Crippen LogP contribution in [0.2, 0.25) is 0 Å². The Morgan fingerprint density at radius 2 is 2.36 bits per heavy atom. The molecule has 0 spiro atoms. The third kappa shape index (κ3) is 3.37. The second kappa shape index (κ2) is 6.85. The maximum atomic E-state index is 11.6. The van der Waals surface area contributed by atoms with Gasteiger partial charge in [-0.1, -0.05) is 0 Å². The monoisotopic (exact) mass is 337 g/mol. The number of rotatable bonds is 4. The first kappa shape index (κ1) is 15.6. The van der Waals surface area contributed by atoms with Crippen LogP contribution in [0.1, 0.15) is 26.2 Å². The quantitative estimate of drug-likeness (QED) is 0.803. The van der Waals surface area contributed by atoms with Crippen molar-refractivity contribution in [3.05, 3.63) is 39.8 Å². The summed E-state index contributed by atoms with van der Waals surface area (Å²) in [7, 11) is 3.37. The summed E-state index contributed by atoms with van der Waals surface area (Å²) in [4.78, 5) is 15.9. The van der Waals surface area contributed by atoms with E-state index in [0.717, 1.165) is 24.6 Å². The summed E-state index contributed by atoms with van der Waals surface area (Å²) in [6.07, 6.45) is 4.05. The average Bonchev–Trinajstić information content (AvgIpc) is 3.16. The number of hydrogen-bond donors (Lipinski definition) is 0. The van der Waals surface area contributed by atoms with Gasteiger partial charge in [0.05, 0.1) is 13.3 Å². The van der Waals surface area contributed by atoms with E-state index in [4.69, 9.17) is 4.74 Å². The molecule has 0 N–H and O–H groups in total. The second-order valence-electron chi connectivity index (χ2n) is 5.27. The molecular weight excluding hydrogens is 318 g/mol. The zero-order valence-corrected chi connectivity index (χ0v) is 14.3. The lowest BCUT2D eigenvalue weighted by Crippen LogP contribution is -2.35. The number of ether oxygens (including phenoxy) is 1. The number of aromatic nitrogens is 2. The number of nitrogens with zero attached hydrogens (tertiary/aromatic N) is 3. The first-order valence-corrected chi connectivity index (χ1v) is 9.12. The van der Waals surface area contributed by atoms with Crippen LogP contribution in [0.15, 0.2) is 24.5 Å². The van der Waals surface area contributed by atoms with Gasteiger partial charge in [0.2, 0.25) is 0 Å². The van der Waals surface area contributed by atoms with Crippen LogP contribution >= 0.6 is 23.1 Å². The number of carbonyl (C=O) groups is 1. The molecule has 3 rings (SSSR count). The van der Waals surface area contributed by atoms with Crippen LogP contribution in [-0.4, -0.2) is 45.8 Å². The highest BCUT2D eigenvalue weighted by molar-refractivity contribution is 7.99. The van der Waals surface area contributed by atoms with Gasteiger partial charge in [-0.3, -0.25) is 9.58 Å². The number of methoxy groups -OCH3 is 1. The molecule has 0 amide bonds. The van der Waals surface area contributed by atoms with Crippen molar-refractivity contribution in [3.63, 3.8) is 0 Å². The fourth-order valence-corrected chi connectivity index (χ4v) is 4.73. The molecule has 0 bridgehead atoms. The summed E-state index contributed by atoms with van der Waals surface area (Å²) in [5.74, 6) is 1.97. The summed E-state index contributed by atoms with van der Waals surface area (Å²) >= 11 is 3.50. The van der Waals surface area contributed by atoms with Gasteiger partial charge < -0.3 is 4.74 Å². The Labute approximate surface area is 138 Å². The number of carbonyl (C=O) groups excluding carboxylic acids is 1. The summed E-state index contributed by atoms with van der Waals surface area (Å²) in [5, 5.41) is 4.29. The van der Waals surface area contributed by atoms with Crippen molar-refractivity contribution in [2.45, 2.75) is 12.6 Å². The Kier molecular flexibility index (Phi) is 4.85. The Hall–Kier alpha value is -1.31. The maximum Gasteiger partial charge on any atom is 0.348 e. The first-order chi connectivity index (χ1) is 10.7. The van der Waals surface area contributed by atoms with E-state index in [1.54, 1.807) is 0 Å². The molecule has 0 radical (unpaired) electrons. The van der Waals surface area contributed by atoms with Crippen molar-refractivity contribution in [1.29, 1.82) is 0 Å². The van der Waals surface area contributed by atoms with Crippen LogP contribution in [0.4, 0.5) is 0 Å². The van der Waals surface area contributed by atoms with Crippen molar-refractivity contribution in [2.75, 3.05) is 25.2 Å². The van der Waals surface area contributed by atoms with E-state index in [1.165, 1.54) is 28.9 Å². The minimum atomic E-state index is -0.255. The van der Waals surface area contributed by atoms with Crippen LogP contribution in [0.3, 0.4) is 0 Å². The highest BCUT2D eigenvalue weighted by Gasteiger charge is 2.26. The molecule has 0 aromatic carbocycles. The van der Waals surface area contributed by atoms with E-state index in [9.17, 15) is 4.79 Å². The molecular formula is C15H19N3O2S2. The van der Waals surface area contributed by atoms with Gasteiger partial charge in [0.15, 0.2) is 0 Å². The van der Waals surface area contributed by atoms with E-state index < -0.39 is 0 Å². The van der Waals surface area contributed by atoms with E-state index in [0.29, 0.717) is 10.9 Å². The largest absolute Gasteiger partial charge is 0.465 e. The van der Waals surface area contributed by atoms with Crippen molar-refractivity contribution >= 4 is 29.1 Å². The Balaban J connectivity index is 1.74. The van der Waals surface area contributed by atoms with Crippen LogP contribution in [0, 0.1) is 0 Å². The van der Waals surface area contributed by atoms with Crippen molar-refractivity contribution in [2.24, 2.45) is 7.05 Å². The van der Waals surface area contributed by atoms with Crippen LogP contribution < -0.4 is 0 Å². The fourth-order valence-electron chi connectivity index (χ4n) is 2.62. The van der Waals surface area contributed by atoms with Crippen molar-refractivity contribution < 1.29 is 9.53 Å². The van der Waals surface area contributed by atoms with E-state index in [2.05, 4.69) is 16.2 Å². The molecule has 0 unspecified atom stereocenters. The molecule has 2 aromatic heterocycles. The van der Waals surface area contributed by atoms with Gasteiger partial charge in [0.25, 0.3) is 0 Å². The summed E-state index contributed by atoms with van der Waals surface area (Å²) in [5.41, 5.74) is 1.26. The summed E-state index contributed by atoms with van der Waals surface area (Å²) in [6.45, 7) is 1.91. The lowest BCUT2D eigenvalue weighted by atomic mass is 10.1. The molecule has 22 heavy (non-hydrogen) atoms. The van der Waals surface area contributed by atoms with E-state index in [1.807, 2.05) is 41.8 Å². The van der Waals surface area contributed by atoms with Gasteiger partial charge in [-0.05, 0) is 12.1 Å². The zero-order valence-electron chi connectivity index (χ0n) is 12.7. The smallest absolute Gasteiger partial charge is 0.348 e. The molecule has 2 aromatic rings. The van der Waals surface area contributed by atoms with Crippen LogP contribution in [0.5, 0.6) is 0 Å². The molecule has 0 aliphatic carbocycles. The predicted molar refractivity (Wildman–Crippen MR) is 89.3 cm³/mol. The number of thiophene rings is 1. The molecule has 7 heteroatoms. The fraction of sp³-hybridized carbons (Fsp3) is 0.467. The minimum Gasteiger partial charge on any atom is -0.465 e.